The van der Waals surface area contributed by atoms with E-state index in [0.29, 0.717) is 18.8 Å². The van der Waals surface area contributed by atoms with E-state index in [9.17, 15) is 9.18 Å². The standard InChI is InChI=1S/C12H13FN4O2/c1-8-2-3-9(13)6-10(8)14-4-5-17-7-11(12(18)19)15-16-17/h2-3,6-7,14H,4-5H2,1H3,(H,18,19). The van der Waals surface area contributed by atoms with Gasteiger partial charge in [0.05, 0.1) is 12.7 Å². The maximum Gasteiger partial charge on any atom is 0.358 e. The van der Waals surface area contributed by atoms with Crippen LogP contribution in [0.15, 0.2) is 24.4 Å². The summed E-state index contributed by atoms with van der Waals surface area (Å²) < 4.78 is 14.5. The number of carboxylic acid groups (broad SMARTS) is 1. The average Bonchev–Trinajstić information content (AvgIpc) is 2.82. The monoisotopic (exact) mass is 264 g/mol. The van der Waals surface area contributed by atoms with Crippen molar-refractivity contribution in [1.29, 1.82) is 0 Å². The molecule has 0 aliphatic rings. The lowest BCUT2D eigenvalue weighted by atomic mass is 10.2. The minimum absolute atomic E-state index is 0.0954. The van der Waals surface area contributed by atoms with Crippen molar-refractivity contribution in [3.8, 4) is 0 Å². The zero-order valence-corrected chi connectivity index (χ0v) is 10.3. The number of benzene rings is 1. The Morgan fingerprint density at radius 2 is 2.32 bits per heavy atom. The molecule has 2 aromatic rings. The first-order valence-electron chi connectivity index (χ1n) is 5.70. The molecule has 7 heteroatoms. The van der Waals surface area contributed by atoms with Crippen molar-refractivity contribution in [2.75, 3.05) is 11.9 Å². The third kappa shape index (κ3) is 3.27. The van der Waals surface area contributed by atoms with Crippen molar-refractivity contribution >= 4 is 11.7 Å². The molecule has 0 atom stereocenters. The molecule has 2 N–H and O–H groups in total. The number of nitrogens with one attached hydrogen (secondary N) is 1. The lowest BCUT2D eigenvalue weighted by Crippen LogP contribution is -2.11. The Morgan fingerprint density at radius 3 is 3.00 bits per heavy atom. The molecule has 0 fully saturated rings. The van der Waals surface area contributed by atoms with Crippen molar-refractivity contribution in [3.63, 3.8) is 0 Å². The number of carboxylic acids is 1. The maximum atomic E-state index is 13.1. The predicted octanol–water partition coefficient (Wildman–Crippen LogP) is 1.54. The lowest BCUT2D eigenvalue weighted by Gasteiger charge is -2.09. The largest absolute Gasteiger partial charge is 0.476 e. The number of halogens is 1. The van der Waals surface area contributed by atoms with Crippen LogP contribution in [0.25, 0.3) is 0 Å². The number of nitrogens with zero attached hydrogens (tertiary/aromatic N) is 3. The fourth-order valence-corrected chi connectivity index (χ4v) is 1.60. The van der Waals surface area contributed by atoms with E-state index in [-0.39, 0.29) is 11.5 Å². The molecular weight excluding hydrogens is 251 g/mol. The van der Waals surface area contributed by atoms with E-state index in [1.165, 1.54) is 23.0 Å². The first-order chi connectivity index (χ1) is 9.06. The molecule has 0 saturated carbocycles. The first kappa shape index (κ1) is 13.0. The van der Waals surface area contributed by atoms with Gasteiger partial charge in [-0.3, -0.25) is 0 Å². The van der Waals surface area contributed by atoms with E-state index in [1.807, 2.05) is 6.92 Å². The Labute approximate surface area is 108 Å². The topological polar surface area (TPSA) is 80.0 Å². The Morgan fingerprint density at radius 1 is 1.53 bits per heavy atom. The summed E-state index contributed by atoms with van der Waals surface area (Å²) >= 11 is 0. The average molecular weight is 264 g/mol. The number of aryl methyl sites for hydroxylation is 1. The summed E-state index contributed by atoms with van der Waals surface area (Å²) in [6, 6.07) is 4.51. The van der Waals surface area contributed by atoms with Gasteiger partial charge in [0.25, 0.3) is 0 Å². The third-order valence-corrected chi connectivity index (χ3v) is 2.61. The molecule has 2 rings (SSSR count). The van der Waals surface area contributed by atoms with Crippen LogP contribution < -0.4 is 5.32 Å². The van der Waals surface area contributed by atoms with Gasteiger partial charge in [-0.05, 0) is 24.6 Å². The maximum absolute atomic E-state index is 13.1. The molecule has 100 valence electrons. The van der Waals surface area contributed by atoms with Gasteiger partial charge < -0.3 is 10.4 Å². The SMILES string of the molecule is Cc1ccc(F)cc1NCCn1cc(C(=O)O)nn1. The van der Waals surface area contributed by atoms with Gasteiger partial charge in [0, 0.05) is 12.2 Å². The van der Waals surface area contributed by atoms with E-state index >= 15 is 0 Å². The van der Waals surface area contributed by atoms with Crippen molar-refractivity contribution in [3.05, 3.63) is 41.5 Å². The van der Waals surface area contributed by atoms with Gasteiger partial charge >= 0.3 is 5.97 Å². The number of aromatic nitrogens is 3. The highest BCUT2D eigenvalue weighted by atomic mass is 19.1. The summed E-state index contributed by atoms with van der Waals surface area (Å²) in [7, 11) is 0. The van der Waals surface area contributed by atoms with E-state index < -0.39 is 5.97 Å². The minimum Gasteiger partial charge on any atom is -0.476 e. The second kappa shape index (κ2) is 5.47. The highest BCUT2D eigenvalue weighted by Crippen LogP contribution is 2.15. The number of anilines is 1. The van der Waals surface area contributed by atoms with Crippen molar-refractivity contribution < 1.29 is 14.3 Å². The molecule has 1 aromatic carbocycles. The van der Waals surface area contributed by atoms with Crippen LogP contribution >= 0.6 is 0 Å². The van der Waals surface area contributed by atoms with Gasteiger partial charge in [0.1, 0.15) is 5.82 Å². The predicted molar refractivity (Wildman–Crippen MR) is 66.6 cm³/mol. The molecule has 0 aliphatic carbocycles. The number of carbonyl (C=O) groups is 1. The van der Waals surface area contributed by atoms with Gasteiger partial charge in [0.2, 0.25) is 0 Å². The molecule has 0 spiro atoms. The van der Waals surface area contributed by atoms with Gasteiger partial charge in [-0.2, -0.15) is 0 Å². The van der Waals surface area contributed by atoms with Crippen molar-refractivity contribution in [1.82, 2.24) is 15.0 Å². The molecule has 0 unspecified atom stereocenters. The Kier molecular flexibility index (Phi) is 3.74. The quantitative estimate of drug-likeness (QED) is 0.856. The van der Waals surface area contributed by atoms with E-state index in [4.69, 9.17) is 5.11 Å². The second-order valence-corrected chi connectivity index (χ2v) is 4.06. The molecule has 0 bridgehead atoms. The molecule has 19 heavy (non-hydrogen) atoms. The zero-order chi connectivity index (χ0) is 13.8. The van der Waals surface area contributed by atoms with Gasteiger partial charge in [0.15, 0.2) is 5.69 Å². The first-order valence-corrected chi connectivity index (χ1v) is 5.70. The number of hydrogen-bond donors (Lipinski definition) is 2. The molecular formula is C12H13FN4O2. The molecule has 1 heterocycles. The third-order valence-electron chi connectivity index (χ3n) is 2.61. The van der Waals surface area contributed by atoms with Crippen LogP contribution in [0.1, 0.15) is 16.1 Å². The van der Waals surface area contributed by atoms with Crippen LogP contribution in [-0.4, -0.2) is 32.6 Å². The minimum atomic E-state index is -1.11. The van der Waals surface area contributed by atoms with E-state index in [1.54, 1.807) is 6.07 Å². The lowest BCUT2D eigenvalue weighted by molar-refractivity contribution is 0.0690. The Hall–Kier alpha value is -2.44. The normalized spacial score (nSPS) is 10.4. The fourth-order valence-electron chi connectivity index (χ4n) is 1.60. The Balaban J connectivity index is 1.92. The van der Waals surface area contributed by atoms with Gasteiger partial charge in [-0.1, -0.05) is 11.3 Å². The number of rotatable bonds is 5. The van der Waals surface area contributed by atoms with Crippen LogP contribution in [0.4, 0.5) is 10.1 Å². The van der Waals surface area contributed by atoms with Gasteiger partial charge in [-0.15, -0.1) is 5.10 Å². The van der Waals surface area contributed by atoms with Crippen LogP contribution in [-0.2, 0) is 6.54 Å². The molecule has 0 saturated heterocycles. The number of hydrogen-bond acceptors (Lipinski definition) is 4. The summed E-state index contributed by atoms with van der Waals surface area (Å²) in [5.41, 5.74) is 1.55. The highest BCUT2D eigenvalue weighted by Gasteiger charge is 2.07. The molecule has 0 amide bonds. The molecule has 6 nitrogen and oxygen atoms in total. The highest BCUT2D eigenvalue weighted by molar-refractivity contribution is 5.84. The Bertz CT molecular complexity index is 597. The molecule has 0 aliphatic heterocycles. The van der Waals surface area contributed by atoms with Crippen LogP contribution in [0.2, 0.25) is 0 Å². The van der Waals surface area contributed by atoms with Gasteiger partial charge in [-0.25, -0.2) is 13.9 Å². The molecule has 1 aromatic heterocycles. The summed E-state index contributed by atoms with van der Waals surface area (Å²) in [6.07, 6.45) is 1.35. The van der Waals surface area contributed by atoms with Crippen molar-refractivity contribution in [2.24, 2.45) is 0 Å². The van der Waals surface area contributed by atoms with Crippen LogP contribution in [0.3, 0.4) is 0 Å². The second-order valence-electron chi connectivity index (χ2n) is 4.06. The van der Waals surface area contributed by atoms with Crippen LogP contribution in [0, 0.1) is 12.7 Å². The van der Waals surface area contributed by atoms with E-state index in [2.05, 4.69) is 15.6 Å². The number of aromatic carboxylic acids is 1. The summed E-state index contributed by atoms with van der Waals surface area (Å²) in [5, 5.41) is 18.9. The zero-order valence-electron chi connectivity index (χ0n) is 10.3. The summed E-state index contributed by atoms with van der Waals surface area (Å²) in [5.74, 6) is -1.41. The van der Waals surface area contributed by atoms with Crippen molar-refractivity contribution in [2.45, 2.75) is 13.5 Å². The van der Waals surface area contributed by atoms with Crippen LogP contribution in [0.5, 0.6) is 0 Å². The fraction of sp³-hybridized carbons (Fsp3) is 0.250. The molecule has 0 radical (unpaired) electrons. The summed E-state index contributed by atoms with van der Waals surface area (Å²) in [4.78, 5) is 10.6. The summed E-state index contributed by atoms with van der Waals surface area (Å²) in [6.45, 7) is 2.81. The smallest absolute Gasteiger partial charge is 0.358 e. The van der Waals surface area contributed by atoms with E-state index in [0.717, 1.165) is 5.56 Å².